The van der Waals surface area contributed by atoms with Crippen LogP contribution in [0.1, 0.15) is 5.56 Å². The van der Waals surface area contributed by atoms with Gasteiger partial charge in [0.05, 0.1) is 0 Å². The van der Waals surface area contributed by atoms with Crippen LogP contribution < -0.4 is 5.43 Å². The van der Waals surface area contributed by atoms with E-state index < -0.39 is 16.0 Å². The second-order valence-electron chi connectivity index (χ2n) is 3.55. The van der Waals surface area contributed by atoms with Crippen LogP contribution in [0.5, 0.6) is 0 Å². The minimum Gasteiger partial charge on any atom is -0.285 e. The number of benzene rings is 1. The van der Waals surface area contributed by atoms with E-state index in [4.69, 9.17) is 4.55 Å². The second kappa shape index (κ2) is 5.95. The van der Waals surface area contributed by atoms with E-state index in [1.807, 2.05) is 30.3 Å². The van der Waals surface area contributed by atoms with Crippen molar-refractivity contribution >= 4 is 10.1 Å². The molecule has 0 saturated heterocycles. The quantitative estimate of drug-likeness (QED) is 0.563. The Morgan fingerprint density at radius 1 is 1.31 bits per heavy atom. The minimum atomic E-state index is -3.95. The maximum absolute atomic E-state index is 10.5. The van der Waals surface area contributed by atoms with Gasteiger partial charge in [-0.05, 0) is 12.0 Å². The van der Waals surface area contributed by atoms with Crippen LogP contribution in [0.2, 0.25) is 0 Å². The summed E-state index contributed by atoms with van der Waals surface area (Å²) < 4.78 is 29.7. The van der Waals surface area contributed by atoms with E-state index in [-0.39, 0.29) is 0 Å². The van der Waals surface area contributed by atoms with Gasteiger partial charge in [-0.3, -0.25) is 9.98 Å². The van der Waals surface area contributed by atoms with Crippen LogP contribution in [0.15, 0.2) is 30.3 Å². The Labute approximate surface area is 95.8 Å². The molecule has 0 saturated carbocycles. The monoisotopic (exact) mass is 244 g/mol. The SMILES string of the molecule is CN(CS(=O)(=O)O)NCCc1ccccc1. The summed E-state index contributed by atoms with van der Waals surface area (Å²) in [5.41, 5.74) is 4.06. The zero-order valence-electron chi connectivity index (χ0n) is 9.13. The average Bonchev–Trinajstić information content (AvgIpc) is 2.16. The van der Waals surface area contributed by atoms with Crippen LogP contribution in [0.3, 0.4) is 0 Å². The molecule has 0 spiro atoms. The first kappa shape index (κ1) is 13.1. The van der Waals surface area contributed by atoms with E-state index in [0.717, 1.165) is 6.42 Å². The summed E-state index contributed by atoms with van der Waals surface area (Å²) in [5, 5.41) is 1.35. The average molecular weight is 244 g/mol. The summed E-state index contributed by atoms with van der Waals surface area (Å²) >= 11 is 0. The molecule has 0 aromatic heterocycles. The Morgan fingerprint density at radius 3 is 2.50 bits per heavy atom. The molecule has 0 heterocycles. The van der Waals surface area contributed by atoms with Crippen LogP contribution in [-0.2, 0) is 16.5 Å². The summed E-state index contributed by atoms with van der Waals surface area (Å²) in [6.07, 6.45) is 0.802. The topological polar surface area (TPSA) is 69.6 Å². The Kier molecular flexibility index (Phi) is 4.88. The Bertz CT molecular complexity index is 405. The molecule has 0 aliphatic heterocycles. The first-order valence-electron chi connectivity index (χ1n) is 4.91. The van der Waals surface area contributed by atoms with E-state index in [9.17, 15) is 8.42 Å². The number of hydrogen-bond donors (Lipinski definition) is 2. The van der Waals surface area contributed by atoms with Crippen molar-refractivity contribution in [2.75, 3.05) is 19.5 Å². The maximum atomic E-state index is 10.5. The summed E-state index contributed by atoms with van der Waals surface area (Å²) in [6.45, 7) is 0.621. The number of nitrogens with one attached hydrogen (secondary N) is 1. The smallest absolute Gasteiger partial charge is 0.279 e. The third-order valence-electron chi connectivity index (χ3n) is 2.00. The van der Waals surface area contributed by atoms with E-state index >= 15 is 0 Å². The first-order chi connectivity index (χ1) is 7.47. The van der Waals surface area contributed by atoms with E-state index in [0.29, 0.717) is 6.54 Å². The first-order valence-corrected chi connectivity index (χ1v) is 6.52. The van der Waals surface area contributed by atoms with Gasteiger partial charge in [-0.2, -0.15) is 8.42 Å². The van der Waals surface area contributed by atoms with Gasteiger partial charge in [0.2, 0.25) is 0 Å². The molecule has 0 radical (unpaired) electrons. The van der Waals surface area contributed by atoms with Crippen LogP contribution in [-0.4, -0.2) is 37.4 Å². The van der Waals surface area contributed by atoms with Gasteiger partial charge in [-0.25, -0.2) is 5.01 Å². The molecule has 6 heteroatoms. The van der Waals surface area contributed by atoms with Crippen molar-refractivity contribution in [1.82, 2.24) is 10.4 Å². The lowest BCUT2D eigenvalue weighted by molar-refractivity contribution is 0.266. The van der Waals surface area contributed by atoms with E-state index in [1.165, 1.54) is 10.6 Å². The molecule has 0 aliphatic carbocycles. The fourth-order valence-corrected chi connectivity index (χ4v) is 1.91. The van der Waals surface area contributed by atoms with Gasteiger partial charge in [0.15, 0.2) is 0 Å². The molecule has 0 aliphatic rings. The number of hydrogen-bond acceptors (Lipinski definition) is 4. The molecule has 16 heavy (non-hydrogen) atoms. The van der Waals surface area contributed by atoms with Crippen LogP contribution in [0.4, 0.5) is 0 Å². The molecule has 0 amide bonds. The molecule has 0 atom stereocenters. The molecule has 1 rings (SSSR count). The van der Waals surface area contributed by atoms with Crippen LogP contribution in [0.25, 0.3) is 0 Å². The van der Waals surface area contributed by atoms with Crippen molar-refractivity contribution in [2.24, 2.45) is 0 Å². The van der Waals surface area contributed by atoms with Gasteiger partial charge < -0.3 is 0 Å². The van der Waals surface area contributed by atoms with E-state index in [2.05, 4.69) is 5.43 Å². The van der Waals surface area contributed by atoms with E-state index in [1.54, 1.807) is 7.05 Å². The Morgan fingerprint density at radius 2 is 1.94 bits per heavy atom. The fourth-order valence-electron chi connectivity index (χ4n) is 1.33. The largest absolute Gasteiger partial charge is 0.285 e. The Balaban J connectivity index is 2.26. The van der Waals surface area contributed by atoms with Crippen molar-refractivity contribution in [3.05, 3.63) is 35.9 Å². The van der Waals surface area contributed by atoms with Gasteiger partial charge >= 0.3 is 0 Å². The zero-order chi connectivity index (χ0) is 12.0. The van der Waals surface area contributed by atoms with Crippen LogP contribution in [0, 0.1) is 0 Å². The molecule has 0 fully saturated rings. The molecule has 5 nitrogen and oxygen atoms in total. The summed E-state index contributed by atoms with van der Waals surface area (Å²) in [7, 11) is -2.39. The van der Waals surface area contributed by atoms with Gasteiger partial charge in [0.1, 0.15) is 5.88 Å². The predicted molar refractivity (Wildman–Crippen MR) is 62.3 cm³/mol. The highest BCUT2D eigenvalue weighted by atomic mass is 32.2. The van der Waals surface area contributed by atoms with Crippen molar-refractivity contribution < 1.29 is 13.0 Å². The molecule has 1 aromatic carbocycles. The lowest BCUT2D eigenvalue weighted by Gasteiger charge is -2.15. The summed E-state index contributed by atoms with van der Waals surface area (Å²) in [5.74, 6) is -0.415. The van der Waals surface area contributed by atoms with Gasteiger partial charge in [0, 0.05) is 13.6 Å². The highest BCUT2D eigenvalue weighted by Gasteiger charge is 2.08. The maximum Gasteiger partial charge on any atom is 0.279 e. The Hall–Kier alpha value is -0.950. The molecular weight excluding hydrogens is 228 g/mol. The molecular formula is C10H16N2O3S. The zero-order valence-corrected chi connectivity index (χ0v) is 9.94. The lowest BCUT2D eigenvalue weighted by atomic mass is 10.2. The third kappa shape index (κ3) is 5.82. The summed E-state index contributed by atoms with van der Waals surface area (Å²) in [6, 6.07) is 9.87. The number of hydrazine groups is 1. The van der Waals surface area contributed by atoms with Gasteiger partial charge in [-0.15, -0.1) is 0 Å². The lowest BCUT2D eigenvalue weighted by Crippen LogP contribution is -2.39. The standard InChI is InChI=1S/C10H16N2O3S/c1-12(9-16(13,14)15)11-8-7-10-5-3-2-4-6-10/h2-6,11H,7-9H2,1H3,(H,13,14,15). The van der Waals surface area contributed by atoms with Gasteiger partial charge in [0.25, 0.3) is 10.1 Å². The fraction of sp³-hybridized carbons (Fsp3) is 0.400. The van der Waals surface area contributed by atoms with Crippen molar-refractivity contribution in [1.29, 1.82) is 0 Å². The molecule has 2 N–H and O–H groups in total. The van der Waals surface area contributed by atoms with Crippen molar-refractivity contribution in [3.8, 4) is 0 Å². The summed E-state index contributed by atoms with van der Waals surface area (Å²) in [4.78, 5) is 0. The molecule has 0 unspecified atom stereocenters. The van der Waals surface area contributed by atoms with Crippen molar-refractivity contribution in [2.45, 2.75) is 6.42 Å². The van der Waals surface area contributed by atoms with Crippen molar-refractivity contribution in [3.63, 3.8) is 0 Å². The number of nitrogens with zero attached hydrogens (tertiary/aromatic N) is 1. The highest BCUT2D eigenvalue weighted by molar-refractivity contribution is 7.85. The van der Waals surface area contributed by atoms with Crippen LogP contribution >= 0.6 is 0 Å². The highest BCUT2D eigenvalue weighted by Crippen LogP contribution is 1.98. The minimum absolute atomic E-state index is 0.415. The normalized spacial score (nSPS) is 11.9. The number of rotatable bonds is 6. The molecule has 90 valence electrons. The second-order valence-corrected chi connectivity index (χ2v) is 4.97. The third-order valence-corrected chi connectivity index (χ3v) is 2.71. The predicted octanol–water partition coefficient (Wildman–Crippen LogP) is 0.511. The van der Waals surface area contributed by atoms with Gasteiger partial charge in [-0.1, -0.05) is 30.3 Å². The molecule has 0 bridgehead atoms. The molecule has 1 aromatic rings.